The number of carbonyl (C=O) groups excluding carboxylic acids is 1. The zero-order valence-electron chi connectivity index (χ0n) is 13.1. The molecule has 0 aromatic rings. The van der Waals surface area contributed by atoms with Gasteiger partial charge in [-0.1, -0.05) is 32.6 Å². The summed E-state index contributed by atoms with van der Waals surface area (Å²) in [4.78, 5) is 23.5. The average molecular weight is 295 g/mol. The van der Waals surface area contributed by atoms with Gasteiger partial charge in [-0.3, -0.25) is 9.59 Å². The van der Waals surface area contributed by atoms with Crippen LogP contribution in [0.1, 0.15) is 71.1 Å². The molecule has 1 amide bonds. The molecular formula is C17H29NO3. The lowest BCUT2D eigenvalue weighted by molar-refractivity contribution is -0.142. The fourth-order valence-electron chi connectivity index (χ4n) is 3.94. The molecule has 0 aliphatic heterocycles. The van der Waals surface area contributed by atoms with Gasteiger partial charge in [0.15, 0.2) is 0 Å². The van der Waals surface area contributed by atoms with E-state index < -0.39 is 5.97 Å². The van der Waals surface area contributed by atoms with Crippen LogP contribution in [0, 0.1) is 17.8 Å². The maximum absolute atomic E-state index is 12.3. The molecule has 120 valence electrons. The number of unbranched alkanes of at least 4 members (excludes halogenated alkanes) is 1. The van der Waals surface area contributed by atoms with Gasteiger partial charge < -0.3 is 10.4 Å². The molecule has 2 saturated carbocycles. The number of nitrogens with one attached hydrogen (secondary N) is 1. The van der Waals surface area contributed by atoms with Crippen molar-refractivity contribution in [3.05, 3.63) is 0 Å². The molecule has 0 unspecified atom stereocenters. The van der Waals surface area contributed by atoms with Crippen LogP contribution in [0.2, 0.25) is 0 Å². The maximum Gasteiger partial charge on any atom is 0.308 e. The first-order chi connectivity index (χ1) is 10.1. The number of carboxylic acids is 1. The highest BCUT2D eigenvalue weighted by molar-refractivity contribution is 5.80. The van der Waals surface area contributed by atoms with E-state index in [9.17, 15) is 14.7 Å². The Hall–Kier alpha value is -1.06. The summed E-state index contributed by atoms with van der Waals surface area (Å²) in [6, 6.07) is -0.146. The summed E-state index contributed by atoms with van der Waals surface area (Å²) in [6.45, 7) is 2.22. The Balaban J connectivity index is 1.76. The van der Waals surface area contributed by atoms with E-state index >= 15 is 0 Å². The van der Waals surface area contributed by atoms with Crippen molar-refractivity contribution in [3.8, 4) is 0 Å². The van der Waals surface area contributed by atoms with E-state index in [1.165, 1.54) is 19.3 Å². The fraction of sp³-hybridized carbons (Fsp3) is 0.882. The lowest BCUT2D eigenvalue weighted by Crippen LogP contribution is -2.43. The third kappa shape index (κ3) is 4.45. The number of hydrogen-bond donors (Lipinski definition) is 2. The fourth-order valence-corrected chi connectivity index (χ4v) is 3.94. The standard InChI is InChI=1S/C17H29NO3/c1-2-3-5-12-8-10-13(11-9-12)16(19)18-15-7-4-6-14(15)17(20)21/h12-15H,2-11H2,1H3,(H,18,19)(H,20,21)/t12?,13?,14-,15+/m0/s1. The molecule has 0 radical (unpaired) electrons. The zero-order chi connectivity index (χ0) is 15.2. The molecule has 0 bridgehead atoms. The minimum Gasteiger partial charge on any atom is -0.481 e. The summed E-state index contributed by atoms with van der Waals surface area (Å²) < 4.78 is 0. The van der Waals surface area contributed by atoms with Crippen LogP contribution >= 0.6 is 0 Å². The number of amides is 1. The third-order valence-electron chi connectivity index (χ3n) is 5.34. The molecule has 4 nitrogen and oxygen atoms in total. The minimum absolute atomic E-state index is 0.0992. The smallest absolute Gasteiger partial charge is 0.308 e. The minimum atomic E-state index is -0.763. The third-order valence-corrected chi connectivity index (χ3v) is 5.34. The molecule has 0 aromatic carbocycles. The van der Waals surface area contributed by atoms with Crippen molar-refractivity contribution in [1.82, 2.24) is 5.32 Å². The molecule has 4 heteroatoms. The zero-order valence-corrected chi connectivity index (χ0v) is 13.1. The summed E-state index contributed by atoms with van der Waals surface area (Å²) >= 11 is 0. The van der Waals surface area contributed by atoms with Crippen LogP contribution in [-0.2, 0) is 9.59 Å². The highest BCUT2D eigenvalue weighted by Crippen LogP contribution is 2.33. The lowest BCUT2D eigenvalue weighted by atomic mass is 9.79. The van der Waals surface area contributed by atoms with Gasteiger partial charge in [-0.25, -0.2) is 0 Å². The first-order valence-corrected chi connectivity index (χ1v) is 8.65. The Morgan fingerprint density at radius 1 is 1.10 bits per heavy atom. The molecule has 2 fully saturated rings. The van der Waals surface area contributed by atoms with Crippen LogP contribution in [0.5, 0.6) is 0 Å². The second kappa shape index (κ2) is 7.81. The molecule has 2 atom stereocenters. The van der Waals surface area contributed by atoms with Gasteiger partial charge in [-0.2, -0.15) is 0 Å². The average Bonchev–Trinajstić information content (AvgIpc) is 2.94. The van der Waals surface area contributed by atoms with Crippen LogP contribution in [0.4, 0.5) is 0 Å². The van der Waals surface area contributed by atoms with Crippen LogP contribution in [-0.4, -0.2) is 23.0 Å². The molecule has 2 aliphatic carbocycles. The van der Waals surface area contributed by atoms with E-state index in [0.29, 0.717) is 6.42 Å². The van der Waals surface area contributed by atoms with E-state index in [1.54, 1.807) is 0 Å². The molecule has 0 spiro atoms. The Morgan fingerprint density at radius 2 is 1.81 bits per heavy atom. The van der Waals surface area contributed by atoms with Crippen molar-refractivity contribution >= 4 is 11.9 Å². The topological polar surface area (TPSA) is 66.4 Å². The van der Waals surface area contributed by atoms with Gasteiger partial charge in [0.1, 0.15) is 0 Å². The van der Waals surface area contributed by atoms with Crippen LogP contribution in [0.15, 0.2) is 0 Å². The summed E-state index contributed by atoms with van der Waals surface area (Å²) in [5.41, 5.74) is 0. The molecule has 2 rings (SSSR count). The molecule has 2 N–H and O–H groups in total. The monoisotopic (exact) mass is 295 g/mol. The molecule has 21 heavy (non-hydrogen) atoms. The Kier molecular flexibility index (Phi) is 6.07. The molecule has 2 aliphatic rings. The SMILES string of the molecule is CCCCC1CCC(C(=O)N[C@@H]2CCC[C@@H]2C(=O)O)CC1. The van der Waals surface area contributed by atoms with Crippen molar-refractivity contribution in [2.75, 3.05) is 0 Å². The highest BCUT2D eigenvalue weighted by Gasteiger charge is 2.35. The summed E-state index contributed by atoms with van der Waals surface area (Å²) in [5, 5.41) is 12.2. The van der Waals surface area contributed by atoms with Gasteiger partial charge in [0.05, 0.1) is 5.92 Å². The van der Waals surface area contributed by atoms with E-state index in [0.717, 1.165) is 44.4 Å². The second-order valence-electron chi connectivity index (χ2n) is 6.85. The predicted molar refractivity (Wildman–Crippen MR) is 81.9 cm³/mol. The van der Waals surface area contributed by atoms with Crippen molar-refractivity contribution in [2.45, 2.75) is 77.2 Å². The molecular weight excluding hydrogens is 266 g/mol. The number of aliphatic carboxylic acids is 1. The maximum atomic E-state index is 12.3. The normalized spacial score (nSPS) is 32.8. The van der Waals surface area contributed by atoms with Gasteiger partial charge in [-0.05, 0) is 44.4 Å². The number of hydrogen-bond acceptors (Lipinski definition) is 2. The van der Waals surface area contributed by atoms with Gasteiger partial charge in [0.25, 0.3) is 0 Å². The van der Waals surface area contributed by atoms with Gasteiger partial charge in [0, 0.05) is 12.0 Å². The molecule has 0 saturated heterocycles. The second-order valence-corrected chi connectivity index (χ2v) is 6.85. The van der Waals surface area contributed by atoms with Crippen molar-refractivity contribution in [1.29, 1.82) is 0 Å². The van der Waals surface area contributed by atoms with Crippen molar-refractivity contribution < 1.29 is 14.7 Å². The Bertz CT molecular complexity index is 361. The Morgan fingerprint density at radius 3 is 2.43 bits per heavy atom. The highest BCUT2D eigenvalue weighted by atomic mass is 16.4. The quantitative estimate of drug-likeness (QED) is 0.789. The van der Waals surface area contributed by atoms with Gasteiger partial charge in [-0.15, -0.1) is 0 Å². The summed E-state index contributed by atoms with van der Waals surface area (Å²) in [7, 11) is 0. The lowest BCUT2D eigenvalue weighted by Gasteiger charge is -2.29. The summed E-state index contributed by atoms with van der Waals surface area (Å²) in [5.74, 6) is -0.136. The van der Waals surface area contributed by atoms with Gasteiger partial charge in [0.2, 0.25) is 5.91 Å². The number of rotatable bonds is 6. The van der Waals surface area contributed by atoms with E-state index in [4.69, 9.17) is 0 Å². The van der Waals surface area contributed by atoms with Crippen LogP contribution < -0.4 is 5.32 Å². The van der Waals surface area contributed by atoms with Gasteiger partial charge >= 0.3 is 5.97 Å². The van der Waals surface area contributed by atoms with E-state index in [1.807, 2.05) is 0 Å². The number of carbonyl (C=O) groups is 2. The summed E-state index contributed by atoms with van der Waals surface area (Å²) in [6.07, 6.45) is 10.5. The largest absolute Gasteiger partial charge is 0.481 e. The van der Waals surface area contributed by atoms with E-state index in [2.05, 4.69) is 12.2 Å². The Labute approximate surface area is 127 Å². The van der Waals surface area contributed by atoms with Crippen molar-refractivity contribution in [3.63, 3.8) is 0 Å². The van der Waals surface area contributed by atoms with Crippen LogP contribution in [0.3, 0.4) is 0 Å². The van der Waals surface area contributed by atoms with E-state index in [-0.39, 0.29) is 23.8 Å². The first-order valence-electron chi connectivity index (χ1n) is 8.65. The molecule has 0 aromatic heterocycles. The first kappa shape index (κ1) is 16.3. The van der Waals surface area contributed by atoms with Crippen molar-refractivity contribution in [2.24, 2.45) is 17.8 Å². The predicted octanol–water partition coefficient (Wildman–Crippen LogP) is 3.35. The molecule has 0 heterocycles. The van der Waals surface area contributed by atoms with Crippen LogP contribution in [0.25, 0.3) is 0 Å². The number of carboxylic acid groups (broad SMARTS) is 1.